The summed E-state index contributed by atoms with van der Waals surface area (Å²) in [5.41, 5.74) is 11.6. The second kappa shape index (κ2) is 7.58. The predicted molar refractivity (Wildman–Crippen MR) is 105 cm³/mol. The van der Waals surface area contributed by atoms with Crippen LogP contribution in [0.4, 0.5) is 0 Å². The number of hydrogen-bond donors (Lipinski definition) is 3. The summed E-state index contributed by atoms with van der Waals surface area (Å²) in [5.74, 6) is 1.38. The molecule has 1 aromatic carbocycles. The summed E-state index contributed by atoms with van der Waals surface area (Å²) in [7, 11) is -4.67. The Hall–Kier alpha value is -0.950. The summed E-state index contributed by atoms with van der Waals surface area (Å²) in [5, 5.41) is 0. The van der Waals surface area contributed by atoms with Crippen LogP contribution < -0.4 is 5.73 Å². The van der Waals surface area contributed by atoms with Gasteiger partial charge in [0.05, 0.1) is 0 Å². The number of rotatable bonds is 2. The lowest BCUT2D eigenvalue weighted by molar-refractivity contribution is 0.0326. The Kier molecular flexibility index (Phi) is 6.23. The Morgan fingerprint density at radius 1 is 1.23 bits per heavy atom. The lowest BCUT2D eigenvalue weighted by Gasteiger charge is -2.55. The highest BCUT2D eigenvalue weighted by Gasteiger charge is 2.50. The highest BCUT2D eigenvalue weighted by atomic mass is 32.3. The van der Waals surface area contributed by atoms with Gasteiger partial charge in [-0.15, -0.1) is 0 Å². The zero-order valence-corrected chi connectivity index (χ0v) is 17.1. The van der Waals surface area contributed by atoms with Crippen LogP contribution in [-0.2, 0) is 22.2 Å². The van der Waals surface area contributed by atoms with Gasteiger partial charge < -0.3 is 5.73 Å². The van der Waals surface area contributed by atoms with Gasteiger partial charge in [-0.25, -0.2) is 0 Å². The molecule has 2 aliphatic rings. The van der Waals surface area contributed by atoms with Crippen molar-refractivity contribution >= 4 is 10.4 Å². The fourth-order valence-corrected chi connectivity index (χ4v) is 5.25. The Morgan fingerprint density at radius 3 is 2.38 bits per heavy atom. The molecule has 0 aromatic heterocycles. The molecule has 148 valence electrons. The maximum absolute atomic E-state index is 8.74. The molecule has 0 unspecified atom stereocenters. The van der Waals surface area contributed by atoms with Crippen molar-refractivity contribution in [2.45, 2.75) is 71.1 Å². The van der Waals surface area contributed by atoms with E-state index in [0.717, 1.165) is 12.5 Å². The van der Waals surface area contributed by atoms with Crippen LogP contribution in [0, 0.1) is 11.3 Å². The highest BCUT2D eigenvalue weighted by molar-refractivity contribution is 7.79. The van der Waals surface area contributed by atoms with Gasteiger partial charge in [-0.2, -0.15) is 8.42 Å². The zero-order chi connectivity index (χ0) is 19.8. The average Bonchev–Trinajstić information content (AvgIpc) is 2.52. The normalized spacial score (nSPS) is 30.8. The van der Waals surface area contributed by atoms with Crippen LogP contribution in [0.15, 0.2) is 18.2 Å². The minimum absolute atomic E-state index is 0.335. The van der Waals surface area contributed by atoms with Gasteiger partial charge in [0.1, 0.15) is 0 Å². The molecule has 0 bridgehead atoms. The van der Waals surface area contributed by atoms with Gasteiger partial charge in [-0.3, -0.25) is 9.11 Å². The molecule has 3 rings (SSSR count). The van der Waals surface area contributed by atoms with Gasteiger partial charge in [0.15, 0.2) is 0 Å². The van der Waals surface area contributed by atoms with Crippen LogP contribution in [0.1, 0.15) is 76.0 Å². The molecule has 0 heterocycles. The SMILES string of the molecule is CC(C)c1ccc2c(c1)CC[C@H]1[C@](C)(CN)CCC[C@]21C.O=S(=O)(O)O. The van der Waals surface area contributed by atoms with Crippen molar-refractivity contribution in [3.8, 4) is 0 Å². The van der Waals surface area contributed by atoms with Crippen LogP contribution in [0.5, 0.6) is 0 Å². The average molecular weight is 384 g/mol. The van der Waals surface area contributed by atoms with E-state index in [0.29, 0.717) is 16.7 Å². The standard InChI is InChI=1S/C20H31N.H2O4S/c1-14(2)15-6-8-17-16(12-15)7-9-18-19(3,13-21)10-5-11-20(17,18)4;1-5(2,3)4/h6,8,12,14,18H,5,7,9-11,13,21H2,1-4H3;(H2,1,2,3,4)/t18-,19-,20+;/m0./s1. The number of nitrogens with two attached hydrogens (primary N) is 1. The quantitative estimate of drug-likeness (QED) is 0.667. The Bertz CT molecular complexity index is 738. The third-order valence-corrected chi connectivity index (χ3v) is 6.63. The van der Waals surface area contributed by atoms with Crippen LogP contribution >= 0.6 is 0 Å². The third-order valence-electron chi connectivity index (χ3n) is 6.63. The van der Waals surface area contributed by atoms with Crippen molar-refractivity contribution < 1.29 is 17.5 Å². The molecule has 0 spiro atoms. The summed E-state index contributed by atoms with van der Waals surface area (Å²) in [4.78, 5) is 0. The van der Waals surface area contributed by atoms with Crippen LogP contribution in [0.2, 0.25) is 0 Å². The van der Waals surface area contributed by atoms with E-state index >= 15 is 0 Å². The van der Waals surface area contributed by atoms with E-state index in [4.69, 9.17) is 23.3 Å². The first kappa shape index (κ1) is 21.4. The predicted octanol–water partition coefficient (Wildman–Crippen LogP) is 4.13. The van der Waals surface area contributed by atoms with Gasteiger partial charge in [0, 0.05) is 0 Å². The smallest absolute Gasteiger partial charge is 0.330 e. The lowest BCUT2D eigenvalue weighted by atomic mass is 9.50. The van der Waals surface area contributed by atoms with Gasteiger partial charge in [-0.1, -0.05) is 52.3 Å². The first-order valence-corrected chi connectivity index (χ1v) is 10.8. The summed E-state index contributed by atoms with van der Waals surface area (Å²) in [6.07, 6.45) is 6.53. The molecule has 3 atom stereocenters. The first-order chi connectivity index (χ1) is 11.9. The van der Waals surface area contributed by atoms with Crippen molar-refractivity contribution in [2.24, 2.45) is 17.1 Å². The fourth-order valence-electron chi connectivity index (χ4n) is 5.25. The van der Waals surface area contributed by atoms with E-state index in [2.05, 4.69) is 45.9 Å². The Balaban J connectivity index is 0.000000431. The first-order valence-electron chi connectivity index (χ1n) is 9.44. The molecule has 1 fully saturated rings. The van der Waals surface area contributed by atoms with E-state index in [1.165, 1.54) is 37.7 Å². The van der Waals surface area contributed by atoms with Crippen molar-refractivity contribution in [1.82, 2.24) is 0 Å². The zero-order valence-electron chi connectivity index (χ0n) is 16.3. The van der Waals surface area contributed by atoms with Gasteiger partial charge >= 0.3 is 10.4 Å². The summed E-state index contributed by atoms with van der Waals surface area (Å²) < 4.78 is 31.6. The van der Waals surface area contributed by atoms with E-state index in [9.17, 15) is 0 Å². The fraction of sp³-hybridized carbons (Fsp3) is 0.700. The van der Waals surface area contributed by atoms with E-state index in [1.807, 2.05) is 0 Å². The summed E-state index contributed by atoms with van der Waals surface area (Å²) >= 11 is 0. The summed E-state index contributed by atoms with van der Waals surface area (Å²) in [6, 6.07) is 7.29. The molecule has 5 nitrogen and oxygen atoms in total. The van der Waals surface area contributed by atoms with Crippen LogP contribution in [0.25, 0.3) is 0 Å². The van der Waals surface area contributed by atoms with Crippen molar-refractivity contribution in [3.05, 3.63) is 34.9 Å². The molecular weight excluding hydrogens is 350 g/mol. The number of aryl methyl sites for hydroxylation is 1. The monoisotopic (exact) mass is 383 g/mol. The Morgan fingerprint density at radius 2 is 1.85 bits per heavy atom. The molecular formula is C20H33NO4S. The molecule has 6 heteroatoms. The van der Waals surface area contributed by atoms with Crippen LogP contribution in [-0.4, -0.2) is 24.1 Å². The molecule has 0 amide bonds. The highest BCUT2D eigenvalue weighted by Crippen LogP contribution is 2.56. The van der Waals surface area contributed by atoms with Gasteiger partial charge in [0.2, 0.25) is 0 Å². The maximum Gasteiger partial charge on any atom is 0.394 e. The molecule has 26 heavy (non-hydrogen) atoms. The van der Waals surface area contributed by atoms with Crippen molar-refractivity contribution in [1.29, 1.82) is 0 Å². The lowest BCUT2D eigenvalue weighted by Crippen LogP contribution is -2.51. The summed E-state index contributed by atoms with van der Waals surface area (Å²) in [6.45, 7) is 10.4. The number of benzene rings is 1. The molecule has 0 aliphatic heterocycles. The largest absolute Gasteiger partial charge is 0.394 e. The molecule has 1 aromatic rings. The minimum Gasteiger partial charge on any atom is -0.330 e. The number of fused-ring (bicyclic) bond motifs is 3. The number of hydrogen-bond acceptors (Lipinski definition) is 3. The second-order valence-electron chi connectivity index (χ2n) is 8.74. The Labute approximate surface area is 158 Å². The molecule has 0 saturated heterocycles. The van der Waals surface area contributed by atoms with Gasteiger partial charge in [0.25, 0.3) is 0 Å². The van der Waals surface area contributed by atoms with Crippen LogP contribution in [0.3, 0.4) is 0 Å². The van der Waals surface area contributed by atoms with E-state index in [-0.39, 0.29) is 0 Å². The second-order valence-corrected chi connectivity index (χ2v) is 9.64. The minimum atomic E-state index is -4.67. The third kappa shape index (κ3) is 4.47. The van der Waals surface area contributed by atoms with E-state index < -0.39 is 10.4 Å². The van der Waals surface area contributed by atoms with E-state index in [1.54, 1.807) is 11.1 Å². The topological polar surface area (TPSA) is 101 Å². The molecule has 4 N–H and O–H groups in total. The molecule has 1 saturated carbocycles. The molecule has 0 radical (unpaired) electrons. The van der Waals surface area contributed by atoms with Crippen molar-refractivity contribution in [2.75, 3.05) is 6.54 Å². The van der Waals surface area contributed by atoms with Crippen molar-refractivity contribution in [3.63, 3.8) is 0 Å². The van der Waals surface area contributed by atoms with Gasteiger partial charge in [-0.05, 0) is 71.6 Å². The maximum atomic E-state index is 8.74. The molecule has 2 aliphatic carbocycles.